The van der Waals surface area contributed by atoms with Gasteiger partial charge in [-0.05, 0) is 107 Å². The third kappa shape index (κ3) is 6.73. The van der Waals surface area contributed by atoms with Crippen molar-refractivity contribution < 1.29 is 19.2 Å². The molecule has 8 heterocycles. The normalized spacial score (nSPS) is 14.2. The van der Waals surface area contributed by atoms with Gasteiger partial charge in [0.05, 0.1) is 60.2 Å². The molecule has 0 spiro atoms. The number of hydrogen-bond donors (Lipinski definition) is 0. The third-order valence-electron chi connectivity index (χ3n) is 12.7. The summed E-state index contributed by atoms with van der Waals surface area (Å²) in [5.41, 5.74) is 12.6. The number of rotatable bonds is 4. The predicted molar refractivity (Wildman–Crippen MR) is 292 cm³/mol. The van der Waals surface area contributed by atoms with Crippen LogP contribution in [0.5, 0.6) is 0 Å². The molecule has 16 heteroatoms. The Morgan fingerprint density at radius 1 is 0.414 bits per heavy atom. The zero-order valence-corrected chi connectivity index (χ0v) is 43.6. The van der Waals surface area contributed by atoms with Crippen LogP contribution >= 0.6 is 90.7 Å². The molecule has 0 saturated carbocycles. The van der Waals surface area contributed by atoms with Crippen molar-refractivity contribution >= 4 is 158 Å². The zero-order valence-electron chi connectivity index (χ0n) is 37.1. The van der Waals surface area contributed by atoms with E-state index < -0.39 is 0 Å². The Bertz CT molecular complexity index is 3930. The van der Waals surface area contributed by atoms with Crippen LogP contribution in [0.25, 0.3) is 85.5 Å². The number of aryl methyl sites for hydroxylation is 4. The molecule has 8 nitrogen and oxygen atoms in total. The molecule has 0 aliphatic heterocycles. The molecular weight excluding hydrogens is 1030 g/mol. The quantitative estimate of drug-likeness (QED) is 0.171. The van der Waals surface area contributed by atoms with Crippen molar-refractivity contribution in [1.82, 2.24) is 19.9 Å². The van der Waals surface area contributed by atoms with E-state index in [1.54, 1.807) is 59.3 Å². The maximum Gasteiger partial charge on any atom is 0.199 e. The fraction of sp³-hybridized carbons (Fsp3) is 0.0741. The Morgan fingerprint density at radius 3 is 1.07 bits per heavy atom. The Balaban J connectivity index is 1.03. The third-order valence-corrected chi connectivity index (χ3v) is 20.6. The SMILES string of the molecule is Cc1cccc(C)c1-c1c2nc(/C=c3/ncc(=C4C(=O)c5ccsc5-c5sccc5C4=O)s3)sc2c(-c2c(C)cccc2C)c2nc(/C=c3/ncc(=C4C(=O)c5ccsc5-c5sccc5C4=O)s3)sc12. The van der Waals surface area contributed by atoms with Crippen molar-refractivity contribution in [3.05, 3.63) is 167 Å². The number of thiophene rings is 4. The fourth-order valence-corrected chi connectivity index (χ4v) is 17.6. The van der Waals surface area contributed by atoms with E-state index in [9.17, 15) is 19.2 Å². The van der Waals surface area contributed by atoms with Crippen molar-refractivity contribution in [2.45, 2.75) is 27.7 Å². The highest BCUT2D eigenvalue weighted by Crippen LogP contribution is 2.50. The molecular formula is C54H30N4O4S8. The van der Waals surface area contributed by atoms with E-state index in [1.807, 2.05) is 33.7 Å². The van der Waals surface area contributed by atoms with Crippen LogP contribution in [0.15, 0.2) is 94.6 Å². The molecule has 338 valence electrons. The Morgan fingerprint density at radius 2 is 0.743 bits per heavy atom. The van der Waals surface area contributed by atoms with Crippen molar-refractivity contribution in [1.29, 1.82) is 0 Å². The van der Waals surface area contributed by atoms with Crippen molar-refractivity contribution in [3.8, 4) is 41.8 Å². The Kier molecular flexibility index (Phi) is 10.4. The average Bonchev–Trinajstić information content (AvgIpc) is 4.18. The molecule has 2 aliphatic carbocycles. The second-order valence-corrected chi connectivity index (χ2v) is 24.7. The fourth-order valence-electron chi connectivity index (χ4n) is 9.57. The van der Waals surface area contributed by atoms with E-state index >= 15 is 0 Å². The number of fused-ring (bicyclic) bond motifs is 8. The first kappa shape index (κ1) is 43.7. The molecule has 0 radical (unpaired) electrons. The summed E-state index contributed by atoms with van der Waals surface area (Å²) in [6.45, 7) is 8.50. The van der Waals surface area contributed by atoms with Crippen LogP contribution in [-0.4, -0.2) is 43.1 Å². The van der Waals surface area contributed by atoms with Crippen LogP contribution in [0, 0.1) is 27.7 Å². The highest BCUT2D eigenvalue weighted by molar-refractivity contribution is 7.23. The molecule has 11 aromatic rings. The number of thiazole rings is 4. The minimum atomic E-state index is -0.283. The summed E-state index contributed by atoms with van der Waals surface area (Å²) in [4.78, 5) is 80.0. The molecule has 0 amide bonds. The van der Waals surface area contributed by atoms with E-state index in [1.165, 1.54) is 68.0 Å². The number of nitrogens with zero attached hydrogens (tertiary/aromatic N) is 4. The standard InChI is InChI=1S/C54H30N4O4S8/c1-23-7-5-8-24(2)37(23)41-43-54(70-35(57-43)19-33-55-21-31(67-33)39-45(59)27-11-15-63-49(27)50-28(46(39)60)12-16-64-50)42(38-25(3)9-6-10-26(38)4)44-53(41)69-36(58-44)20-34-56-22-32(68-34)40-47(61)29-13-17-65-51(29)52-30(48(40)62)14-18-66-52/h5-22H,1-4H3/b33-19-,34-20-. The van der Waals surface area contributed by atoms with Gasteiger partial charge < -0.3 is 0 Å². The van der Waals surface area contributed by atoms with Gasteiger partial charge in [0.15, 0.2) is 23.1 Å². The minimum absolute atomic E-state index is 0.139. The highest BCUT2D eigenvalue weighted by atomic mass is 32.1. The lowest BCUT2D eigenvalue weighted by Gasteiger charge is -2.16. The van der Waals surface area contributed by atoms with Gasteiger partial charge in [-0.25, -0.2) is 19.9 Å². The molecule has 0 fully saturated rings. The number of benzene rings is 3. The van der Waals surface area contributed by atoms with Crippen LogP contribution in [0.4, 0.5) is 0 Å². The summed E-state index contributed by atoms with van der Waals surface area (Å²) in [6.07, 6.45) is 7.16. The first-order valence-corrected chi connectivity index (χ1v) is 28.6. The molecule has 2 aliphatic rings. The van der Waals surface area contributed by atoms with E-state index in [2.05, 4.69) is 64.1 Å². The van der Waals surface area contributed by atoms with Crippen LogP contribution in [0.3, 0.4) is 0 Å². The number of carbonyl (C=O) groups excluding carboxylic acids is 4. The van der Waals surface area contributed by atoms with Gasteiger partial charge in [-0.3, -0.25) is 19.2 Å². The lowest BCUT2D eigenvalue weighted by molar-refractivity contribution is 0.0984. The topological polar surface area (TPSA) is 120 Å². The maximum atomic E-state index is 14.1. The van der Waals surface area contributed by atoms with Crippen molar-refractivity contribution in [2.24, 2.45) is 0 Å². The molecule has 8 aromatic heterocycles. The zero-order chi connectivity index (χ0) is 47.7. The van der Waals surface area contributed by atoms with Gasteiger partial charge in [-0.1, -0.05) is 36.4 Å². The molecule has 13 rings (SSSR count). The number of carbonyl (C=O) groups is 4. The van der Waals surface area contributed by atoms with Crippen LogP contribution < -0.4 is 18.4 Å². The average molecular weight is 1060 g/mol. The van der Waals surface area contributed by atoms with E-state index in [0.29, 0.717) is 40.6 Å². The summed E-state index contributed by atoms with van der Waals surface area (Å²) < 4.78 is 4.24. The summed E-state index contributed by atoms with van der Waals surface area (Å²) in [7, 11) is 0. The molecule has 0 unspecified atom stereocenters. The van der Waals surface area contributed by atoms with Gasteiger partial charge in [0, 0.05) is 57.9 Å². The highest BCUT2D eigenvalue weighted by Gasteiger charge is 2.35. The predicted octanol–water partition coefficient (Wildman–Crippen LogP) is 12.1. The monoisotopic (exact) mass is 1050 g/mol. The maximum absolute atomic E-state index is 14.1. The number of aromatic nitrogens is 4. The largest absolute Gasteiger partial charge is 0.288 e. The minimum Gasteiger partial charge on any atom is -0.288 e. The summed E-state index contributed by atoms with van der Waals surface area (Å²) in [6, 6.07) is 19.9. The van der Waals surface area contributed by atoms with Gasteiger partial charge in [-0.15, -0.1) is 90.7 Å². The molecule has 70 heavy (non-hydrogen) atoms. The lowest BCUT2D eigenvalue weighted by atomic mass is 9.90. The van der Waals surface area contributed by atoms with E-state index in [-0.39, 0.29) is 34.3 Å². The first-order chi connectivity index (χ1) is 34.0. The smallest absolute Gasteiger partial charge is 0.199 e. The number of ketones is 4. The molecule has 0 saturated heterocycles. The van der Waals surface area contributed by atoms with E-state index in [4.69, 9.17) is 19.9 Å². The van der Waals surface area contributed by atoms with Gasteiger partial charge in [0.1, 0.15) is 19.3 Å². The van der Waals surface area contributed by atoms with Crippen molar-refractivity contribution in [2.75, 3.05) is 0 Å². The summed E-state index contributed by atoms with van der Waals surface area (Å²) >= 11 is 11.7. The van der Waals surface area contributed by atoms with Crippen LogP contribution in [0.2, 0.25) is 0 Å². The number of Topliss-reactive ketones (excluding diaryl/α,β-unsaturated/α-hetero) is 4. The lowest BCUT2D eigenvalue weighted by Crippen LogP contribution is -2.17. The van der Waals surface area contributed by atoms with E-state index in [0.717, 1.165) is 94.5 Å². The Labute approximate surface area is 430 Å². The Hall–Kier alpha value is -6.34. The van der Waals surface area contributed by atoms with Gasteiger partial charge in [0.2, 0.25) is 0 Å². The first-order valence-electron chi connectivity index (χ1n) is 21.8. The molecule has 0 bridgehead atoms. The van der Waals surface area contributed by atoms with Crippen LogP contribution in [-0.2, 0) is 0 Å². The molecule has 0 N–H and O–H groups in total. The van der Waals surface area contributed by atoms with Crippen molar-refractivity contribution in [3.63, 3.8) is 0 Å². The summed E-state index contributed by atoms with van der Waals surface area (Å²) in [5, 5.41) is 9.06. The molecule has 0 atom stereocenters. The van der Waals surface area contributed by atoms with Gasteiger partial charge in [-0.2, -0.15) is 0 Å². The van der Waals surface area contributed by atoms with Gasteiger partial charge in [0.25, 0.3) is 0 Å². The number of hydrogen-bond acceptors (Lipinski definition) is 16. The second-order valence-electron chi connectivity index (χ2n) is 16.9. The molecule has 3 aromatic carbocycles. The van der Waals surface area contributed by atoms with Gasteiger partial charge >= 0.3 is 0 Å². The summed E-state index contributed by atoms with van der Waals surface area (Å²) in [5.74, 6) is -1.13. The van der Waals surface area contributed by atoms with Crippen LogP contribution in [0.1, 0.15) is 73.7 Å². The second kappa shape index (κ2) is 16.6.